The van der Waals surface area contributed by atoms with Gasteiger partial charge in [0, 0.05) is 30.2 Å². The summed E-state index contributed by atoms with van der Waals surface area (Å²) in [6.45, 7) is 5.95. The predicted molar refractivity (Wildman–Crippen MR) is 96.7 cm³/mol. The van der Waals surface area contributed by atoms with Crippen LogP contribution in [-0.4, -0.2) is 46.3 Å². The van der Waals surface area contributed by atoms with Crippen molar-refractivity contribution in [3.05, 3.63) is 42.6 Å². The summed E-state index contributed by atoms with van der Waals surface area (Å²) in [6, 6.07) is 5.32. The van der Waals surface area contributed by atoms with Gasteiger partial charge in [0.25, 0.3) is 0 Å². The topological polar surface area (TPSA) is 65.8 Å². The van der Waals surface area contributed by atoms with E-state index in [2.05, 4.69) is 22.5 Å². The molecule has 0 saturated carbocycles. The van der Waals surface area contributed by atoms with Crippen molar-refractivity contribution in [2.24, 2.45) is 11.8 Å². The lowest BCUT2D eigenvalue weighted by atomic mass is 9.73. The van der Waals surface area contributed by atoms with E-state index in [1.54, 1.807) is 19.4 Å². The van der Waals surface area contributed by atoms with E-state index in [0.29, 0.717) is 23.1 Å². The first-order valence-electron chi connectivity index (χ1n) is 8.82. The van der Waals surface area contributed by atoms with Crippen LogP contribution in [0.3, 0.4) is 0 Å². The number of methoxy groups -OCH3 is 1. The molecular weight excluding hydrogens is 316 g/mol. The molecule has 0 amide bonds. The molecule has 3 aliphatic rings. The second-order valence-corrected chi connectivity index (χ2v) is 7.13. The molecule has 0 spiro atoms. The Bertz CT molecular complexity index is 807. The van der Waals surface area contributed by atoms with E-state index >= 15 is 0 Å². The van der Waals surface area contributed by atoms with Gasteiger partial charge >= 0.3 is 0 Å². The highest BCUT2D eigenvalue weighted by atomic mass is 16.5. The number of benzene rings is 1. The lowest BCUT2D eigenvalue weighted by Gasteiger charge is -2.50. The van der Waals surface area contributed by atoms with Gasteiger partial charge in [0.2, 0.25) is 0 Å². The first-order valence-corrected chi connectivity index (χ1v) is 8.82. The quantitative estimate of drug-likeness (QED) is 0.838. The summed E-state index contributed by atoms with van der Waals surface area (Å²) in [7, 11) is 1.56. The molecule has 3 fully saturated rings. The van der Waals surface area contributed by atoms with E-state index in [-0.39, 0.29) is 11.8 Å². The fraction of sp³-hybridized carbons (Fsp3) is 0.450. The van der Waals surface area contributed by atoms with E-state index in [0.717, 1.165) is 30.5 Å². The monoisotopic (exact) mass is 340 g/mol. The molecule has 3 saturated heterocycles. The number of aromatic hydroxyl groups is 1. The summed E-state index contributed by atoms with van der Waals surface area (Å²) in [6.07, 6.45) is 5.23. The maximum Gasteiger partial charge on any atom is 0.145 e. The maximum absolute atomic E-state index is 11.2. The molecule has 4 heterocycles. The Balaban J connectivity index is 1.72. The van der Waals surface area contributed by atoms with Gasteiger partial charge in [0.1, 0.15) is 17.0 Å². The summed E-state index contributed by atoms with van der Waals surface area (Å²) in [5.74, 6) is 1.75. The summed E-state index contributed by atoms with van der Waals surface area (Å²) in [5, 5.41) is 22.1. The Hall–Kier alpha value is -2.11. The highest BCUT2D eigenvalue weighted by molar-refractivity contribution is 5.89. The van der Waals surface area contributed by atoms with Crippen molar-refractivity contribution in [3.63, 3.8) is 0 Å². The van der Waals surface area contributed by atoms with Crippen molar-refractivity contribution >= 4 is 10.9 Å². The summed E-state index contributed by atoms with van der Waals surface area (Å²) in [5.41, 5.74) is 1.30. The molecule has 5 nitrogen and oxygen atoms in total. The zero-order valence-corrected chi connectivity index (χ0v) is 14.4. The highest BCUT2D eigenvalue weighted by Crippen LogP contribution is 2.42. The molecule has 0 radical (unpaired) electrons. The number of fused-ring (bicyclic) bond motifs is 4. The molecule has 0 aliphatic carbocycles. The third-order valence-electron chi connectivity index (χ3n) is 5.90. The Morgan fingerprint density at radius 1 is 1.44 bits per heavy atom. The minimum Gasteiger partial charge on any atom is -0.506 e. The van der Waals surface area contributed by atoms with E-state index < -0.39 is 6.10 Å². The van der Waals surface area contributed by atoms with Crippen LogP contribution < -0.4 is 4.74 Å². The van der Waals surface area contributed by atoms with Gasteiger partial charge < -0.3 is 14.9 Å². The molecule has 1 unspecified atom stereocenters. The third kappa shape index (κ3) is 2.68. The first-order chi connectivity index (χ1) is 12.1. The van der Waals surface area contributed by atoms with Crippen LogP contribution in [0.4, 0.5) is 0 Å². The molecule has 5 atom stereocenters. The molecule has 2 N–H and O–H groups in total. The van der Waals surface area contributed by atoms with Crippen molar-refractivity contribution in [1.29, 1.82) is 0 Å². The van der Waals surface area contributed by atoms with Crippen LogP contribution in [0.1, 0.15) is 24.5 Å². The Morgan fingerprint density at radius 2 is 2.28 bits per heavy atom. The van der Waals surface area contributed by atoms with Gasteiger partial charge in [-0.3, -0.25) is 9.88 Å². The Labute approximate surface area is 147 Å². The Kier molecular flexibility index (Phi) is 4.13. The molecule has 3 aliphatic heterocycles. The highest BCUT2D eigenvalue weighted by Gasteiger charge is 2.42. The molecule has 25 heavy (non-hydrogen) atoms. The van der Waals surface area contributed by atoms with Crippen LogP contribution in [0.15, 0.2) is 37.1 Å². The van der Waals surface area contributed by atoms with Gasteiger partial charge in [-0.25, -0.2) is 0 Å². The lowest BCUT2D eigenvalue weighted by Crippen LogP contribution is -2.54. The second-order valence-electron chi connectivity index (χ2n) is 7.13. The van der Waals surface area contributed by atoms with E-state index in [4.69, 9.17) is 4.74 Å². The predicted octanol–water partition coefficient (Wildman–Crippen LogP) is 2.88. The van der Waals surface area contributed by atoms with Crippen molar-refractivity contribution < 1.29 is 14.9 Å². The van der Waals surface area contributed by atoms with Gasteiger partial charge in [-0.2, -0.15) is 0 Å². The Morgan fingerprint density at radius 3 is 2.96 bits per heavy atom. The standard InChI is InChI=1S/C20H24N2O3/c1-3-12-11-22-7-5-13(12)8-17(22)20(24)15-4-6-21-19-16(15)9-14(25-2)10-18(19)23/h3-4,6,9-10,12-13,17,20,23-24H,1,5,7-8,11H2,2H3/t12-,13-,17+,20-/m0/s1. The number of rotatable bonds is 4. The molecule has 2 aromatic rings. The maximum atomic E-state index is 11.2. The molecule has 1 aromatic heterocycles. The van der Waals surface area contributed by atoms with E-state index in [1.165, 1.54) is 6.42 Å². The molecule has 1 aromatic carbocycles. The number of ether oxygens (including phenoxy) is 1. The zero-order valence-electron chi connectivity index (χ0n) is 14.4. The minimum absolute atomic E-state index is 0.0700. The zero-order chi connectivity index (χ0) is 17.6. The molecule has 132 valence electrons. The number of aliphatic hydroxyl groups is 1. The molecule has 5 rings (SSSR count). The summed E-state index contributed by atoms with van der Waals surface area (Å²) in [4.78, 5) is 6.65. The number of phenols is 1. The van der Waals surface area contributed by atoms with Crippen LogP contribution >= 0.6 is 0 Å². The summed E-state index contributed by atoms with van der Waals surface area (Å²) >= 11 is 0. The van der Waals surface area contributed by atoms with Crippen LogP contribution in [0.25, 0.3) is 10.9 Å². The number of phenolic OH excluding ortho intramolecular Hbond substituents is 1. The minimum atomic E-state index is -0.620. The molecular formula is C20H24N2O3. The van der Waals surface area contributed by atoms with Crippen LogP contribution in [0.5, 0.6) is 11.5 Å². The van der Waals surface area contributed by atoms with Crippen LogP contribution in [-0.2, 0) is 0 Å². The van der Waals surface area contributed by atoms with Crippen molar-refractivity contribution in [2.45, 2.75) is 25.0 Å². The largest absolute Gasteiger partial charge is 0.506 e. The van der Waals surface area contributed by atoms with Gasteiger partial charge in [0.05, 0.1) is 13.2 Å². The average Bonchev–Trinajstić information content (AvgIpc) is 2.67. The fourth-order valence-electron chi connectivity index (χ4n) is 4.52. The molecule has 5 heteroatoms. The van der Waals surface area contributed by atoms with Crippen LogP contribution in [0, 0.1) is 11.8 Å². The van der Waals surface area contributed by atoms with Crippen molar-refractivity contribution in [1.82, 2.24) is 9.88 Å². The second kappa shape index (κ2) is 6.32. The number of hydrogen-bond donors (Lipinski definition) is 2. The number of aromatic nitrogens is 1. The van der Waals surface area contributed by atoms with E-state index in [1.807, 2.05) is 12.1 Å². The van der Waals surface area contributed by atoms with Crippen molar-refractivity contribution in [2.75, 3.05) is 20.2 Å². The summed E-state index contributed by atoms with van der Waals surface area (Å²) < 4.78 is 5.27. The third-order valence-corrected chi connectivity index (χ3v) is 5.90. The van der Waals surface area contributed by atoms with Crippen LogP contribution in [0.2, 0.25) is 0 Å². The van der Waals surface area contributed by atoms with E-state index in [9.17, 15) is 10.2 Å². The molecule has 2 bridgehead atoms. The van der Waals surface area contributed by atoms with Crippen molar-refractivity contribution in [3.8, 4) is 11.5 Å². The number of nitrogens with zero attached hydrogens (tertiary/aromatic N) is 2. The smallest absolute Gasteiger partial charge is 0.145 e. The van der Waals surface area contributed by atoms with Gasteiger partial charge in [-0.1, -0.05) is 6.08 Å². The first kappa shape index (κ1) is 16.4. The van der Waals surface area contributed by atoms with Gasteiger partial charge in [-0.15, -0.1) is 6.58 Å². The number of hydrogen-bond acceptors (Lipinski definition) is 5. The number of pyridine rings is 1. The number of piperidine rings is 3. The van der Waals surface area contributed by atoms with Gasteiger partial charge in [-0.05, 0) is 48.9 Å². The normalized spacial score (nSPS) is 29.5. The SMILES string of the molecule is C=C[C@H]1CN2CC[C@H]1C[C@@H]2[C@@H](O)c1ccnc2c(O)cc(OC)cc12. The fourth-order valence-corrected chi connectivity index (χ4v) is 4.52. The van der Waals surface area contributed by atoms with Gasteiger partial charge in [0.15, 0.2) is 0 Å². The average molecular weight is 340 g/mol. The lowest BCUT2D eigenvalue weighted by molar-refractivity contribution is -0.0444. The number of aliphatic hydroxyl groups excluding tert-OH is 1.